The van der Waals surface area contributed by atoms with Crippen molar-refractivity contribution in [3.8, 4) is 0 Å². The minimum absolute atomic E-state index is 0.142. The summed E-state index contributed by atoms with van der Waals surface area (Å²) in [6.07, 6.45) is 0.864. The predicted octanol–water partition coefficient (Wildman–Crippen LogP) is 3.38. The number of anilines is 1. The third kappa shape index (κ3) is 3.54. The molecule has 94 valence electrons. The molecule has 17 heavy (non-hydrogen) atoms. The number of hydrogen-bond acceptors (Lipinski definition) is 2. The van der Waals surface area contributed by atoms with Gasteiger partial charge in [0.05, 0.1) is 0 Å². The Morgan fingerprint density at radius 1 is 1.47 bits per heavy atom. The third-order valence-electron chi connectivity index (χ3n) is 2.75. The Morgan fingerprint density at radius 3 is 2.65 bits per heavy atom. The van der Waals surface area contributed by atoms with E-state index in [-0.39, 0.29) is 5.91 Å². The minimum Gasteiger partial charge on any atom is -0.369 e. The molecule has 1 rings (SSSR count). The van der Waals surface area contributed by atoms with Crippen LogP contribution in [-0.4, -0.2) is 18.6 Å². The number of aryl methyl sites for hydroxylation is 1. The number of carbonyl (C=O) groups is 1. The molecule has 0 atom stereocenters. The number of carbonyl (C=O) groups excluding carboxylic acids is 1. The van der Waals surface area contributed by atoms with Crippen molar-refractivity contribution in [3.05, 3.63) is 28.2 Å². The van der Waals surface area contributed by atoms with Crippen LogP contribution in [0, 0.1) is 0 Å². The van der Waals surface area contributed by atoms with Crippen molar-refractivity contribution in [1.82, 2.24) is 0 Å². The van der Waals surface area contributed by atoms with E-state index in [1.165, 1.54) is 7.11 Å². The maximum atomic E-state index is 12.0. The van der Waals surface area contributed by atoms with Gasteiger partial charge >= 0.3 is 0 Å². The summed E-state index contributed by atoms with van der Waals surface area (Å²) in [4.78, 5) is 12.0. The van der Waals surface area contributed by atoms with Crippen LogP contribution < -0.4 is 5.32 Å². The molecule has 0 saturated heterocycles. The summed E-state index contributed by atoms with van der Waals surface area (Å²) < 4.78 is 6.16. The Morgan fingerprint density at radius 2 is 2.12 bits per heavy atom. The van der Waals surface area contributed by atoms with Gasteiger partial charge in [-0.3, -0.25) is 4.79 Å². The number of benzene rings is 1. The monoisotopic (exact) mass is 299 g/mol. The lowest BCUT2D eigenvalue weighted by atomic mass is 10.1. The molecule has 0 aromatic heterocycles. The standard InChI is InChI=1S/C13H18BrNO2/c1-5-9-8-10(14)6-7-11(9)15-12(16)13(2,3)17-4/h6-8H,5H2,1-4H3,(H,15,16). The first kappa shape index (κ1) is 14.2. The molecule has 0 aliphatic heterocycles. The van der Waals surface area contributed by atoms with Crippen LogP contribution in [0.3, 0.4) is 0 Å². The molecule has 3 nitrogen and oxygen atoms in total. The molecule has 1 aromatic rings. The topological polar surface area (TPSA) is 38.3 Å². The van der Waals surface area contributed by atoms with Gasteiger partial charge in [0, 0.05) is 17.3 Å². The molecule has 0 fully saturated rings. The fourth-order valence-electron chi connectivity index (χ4n) is 1.34. The molecule has 0 aliphatic rings. The van der Waals surface area contributed by atoms with Gasteiger partial charge in [0.1, 0.15) is 5.60 Å². The number of nitrogens with one attached hydrogen (secondary N) is 1. The van der Waals surface area contributed by atoms with E-state index in [0.717, 1.165) is 22.1 Å². The number of methoxy groups -OCH3 is 1. The molecule has 0 heterocycles. The van der Waals surface area contributed by atoms with E-state index in [4.69, 9.17) is 4.74 Å². The fourth-order valence-corrected chi connectivity index (χ4v) is 1.75. The van der Waals surface area contributed by atoms with Gasteiger partial charge in [0.15, 0.2) is 0 Å². The zero-order chi connectivity index (χ0) is 13.1. The van der Waals surface area contributed by atoms with Crippen molar-refractivity contribution in [1.29, 1.82) is 0 Å². The molecule has 0 spiro atoms. The molecular formula is C13H18BrNO2. The quantitative estimate of drug-likeness (QED) is 0.926. The van der Waals surface area contributed by atoms with Crippen molar-refractivity contribution in [2.45, 2.75) is 32.8 Å². The Balaban J connectivity index is 2.92. The lowest BCUT2D eigenvalue weighted by Crippen LogP contribution is -2.39. The average molecular weight is 300 g/mol. The highest BCUT2D eigenvalue weighted by Gasteiger charge is 2.27. The largest absolute Gasteiger partial charge is 0.369 e. The van der Waals surface area contributed by atoms with Gasteiger partial charge in [-0.15, -0.1) is 0 Å². The third-order valence-corrected chi connectivity index (χ3v) is 3.25. The lowest BCUT2D eigenvalue weighted by molar-refractivity contribution is -0.133. The SMILES string of the molecule is CCc1cc(Br)ccc1NC(=O)C(C)(C)OC. The number of amides is 1. The maximum absolute atomic E-state index is 12.0. The summed E-state index contributed by atoms with van der Waals surface area (Å²) in [5, 5.41) is 2.90. The van der Waals surface area contributed by atoms with Crippen molar-refractivity contribution >= 4 is 27.5 Å². The van der Waals surface area contributed by atoms with Crippen LogP contribution >= 0.6 is 15.9 Å². The molecule has 1 aromatic carbocycles. The zero-order valence-electron chi connectivity index (χ0n) is 10.6. The molecule has 0 saturated carbocycles. The van der Waals surface area contributed by atoms with Gasteiger partial charge in [0.2, 0.25) is 0 Å². The van der Waals surface area contributed by atoms with E-state index in [0.29, 0.717) is 0 Å². The predicted molar refractivity (Wildman–Crippen MR) is 73.2 cm³/mol. The normalized spacial score (nSPS) is 11.4. The van der Waals surface area contributed by atoms with Crippen LogP contribution in [-0.2, 0) is 16.0 Å². The van der Waals surface area contributed by atoms with E-state index >= 15 is 0 Å². The van der Waals surface area contributed by atoms with E-state index in [1.807, 2.05) is 18.2 Å². The van der Waals surface area contributed by atoms with E-state index in [1.54, 1.807) is 13.8 Å². The summed E-state index contributed by atoms with van der Waals surface area (Å²) >= 11 is 3.42. The highest BCUT2D eigenvalue weighted by molar-refractivity contribution is 9.10. The molecular weight excluding hydrogens is 282 g/mol. The second kappa shape index (κ2) is 5.65. The Labute approximate surface area is 111 Å². The molecule has 1 N–H and O–H groups in total. The van der Waals surface area contributed by atoms with Crippen LogP contribution in [0.25, 0.3) is 0 Å². The van der Waals surface area contributed by atoms with Gasteiger partial charge in [-0.2, -0.15) is 0 Å². The molecule has 0 aliphatic carbocycles. The highest BCUT2D eigenvalue weighted by Crippen LogP contribution is 2.23. The first-order chi connectivity index (χ1) is 7.90. The van der Waals surface area contributed by atoms with Gasteiger partial charge in [0.25, 0.3) is 5.91 Å². The molecule has 4 heteroatoms. The minimum atomic E-state index is -0.821. The average Bonchev–Trinajstić information content (AvgIpc) is 2.31. The molecule has 1 amide bonds. The zero-order valence-corrected chi connectivity index (χ0v) is 12.2. The van der Waals surface area contributed by atoms with Crippen LogP contribution in [0.15, 0.2) is 22.7 Å². The second-order valence-electron chi connectivity index (χ2n) is 4.32. The summed E-state index contributed by atoms with van der Waals surface area (Å²) in [7, 11) is 1.53. The summed E-state index contributed by atoms with van der Waals surface area (Å²) in [5.41, 5.74) is 1.11. The molecule has 0 radical (unpaired) electrons. The number of ether oxygens (including phenoxy) is 1. The first-order valence-electron chi connectivity index (χ1n) is 5.55. The van der Waals surface area contributed by atoms with Crippen molar-refractivity contribution < 1.29 is 9.53 Å². The lowest BCUT2D eigenvalue weighted by Gasteiger charge is -2.22. The van der Waals surface area contributed by atoms with Crippen molar-refractivity contribution in [2.24, 2.45) is 0 Å². The summed E-state index contributed by atoms with van der Waals surface area (Å²) in [6.45, 7) is 5.54. The highest BCUT2D eigenvalue weighted by atomic mass is 79.9. The van der Waals surface area contributed by atoms with Crippen molar-refractivity contribution in [2.75, 3.05) is 12.4 Å². The second-order valence-corrected chi connectivity index (χ2v) is 5.24. The Kier molecular flexibility index (Phi) is 4.71. The van der Waals surface area contributed by atoms with Gasteiger partial charge in [-0.05, 0) is 44.0 Å². The fraction of sp³-hybridized carbons (Fsp3) is 0.462. The number of hydrogen-bond donors (Lipinski definition) is 1. The molecule has 0 bridgehead atoms. The van der Waals surface area contributed by atoms with Gasteiger partial charge in [-0.25, -0.2) is 0 Å². The van der Waals surface area contributed by atoms with Crippen LogP contribution in [0.4, 0.5) is 5.69 Å². The molecule has 0 unspecified atom stereocenters. The maximum Gasteiger partial charge on any atom is 0.256 e. The number of halogens is 1. The summed E-state index contributed by atoms with van der Waals surface area (Å²) in [6, 6.07) is 5.82. The van der Waals surface area contributed by atoms with E-state index in [9.17, 15) is 4.79 Å². The Hall–Kier alpha value is -0.870. The number of rotatable bonds is 4. The van der Waals surface area contributed by atoms with Gasteiger partial charge in [-0.1, -0.05) is 22.9 Å². The van der Waals surface area contributed by atoms with E-state index < -0.39 is 5.60 Å². The van der Waals surface area contributed by atoms with Crippen LogP contribution in [0.5, 0.6) is 0 Å². The summed E-state index contributed by atoms with van der Waals surface area (Å²) in [5.74, 6) is -0.142. The van der Waals surface area contributed by atoms with Crippen molar-refractivity contribution in [3.63, 3.8) is 0 Å². The van der Waals surface area contributed by atoms with E-state index in [2.05, 4.69) is 28.2 Å². The van der Waals surface area contributed by atoms with Crippen LogP contribution in [0.1, 0.15) is 26.3 Å². The first-order valence-corrected chi connectivity index (χ1v) is 6.35. The Bertz CT molecular complexity index is 416. The van der Waals surface area contributed by atoms with Gasteiger partial charge < -0.3 is 10.1 Å². The smallest absolute Gasteiger partial charge is 0.256 e. The van der Waals surface area contributed by atoms with Crippen LogP contribution in [0.2, 0.25) is 0 Å².